The van der Waals surface area contributed by atoms with E-state index < -0.39 is 5.91 Å². The highest BCUT2D eigenvalue weighted by Gasteiger charge is 2.19. The zero-order valence-corrected chi connectivity index (χ0v) is 17.3. The van der Waals surface area contributed by atoms with Crippen LogP contribution in [0.25, 0.3) is 0 Å². The van der Waals surface area contributed by atoms with E-state index in [0.717, 1.165) is 0 Å². The molecule has 3 aromatic rings. The van der Waals surface area contributed by atoms with Crippen LogP contribution in [0.3, 0.4) is 0 Å². The molecular weight excluding hydrogens is 421 g/mol. The van der Waals surface area contributed by atoms with Crippen LogP contribution < -0.4 is 24.3 Å². The van der Waals surface area contributed by atoms with Crippen LogP contribution in [0.2, 0.25) is 10.0 Å². The summed E-state index contributed by atoms with van der Waals surface area (Å²) in [6.07, 6.45) is 0. The van der Waals surface area contributed by atoms with E-state index in [1.807, 2.05) is 0 Å². The van der Waals surface area contributed by atoms with Gasteiger partial charge < -0.3 is 28.7 Å². The lowest BCUT2D eigenvalue weighted by molar-refractivity contribution is 0.0991. The van der Waals surface area contributed by atoms with Gasteiger partial charge in [0.2, 0.25) is 0 Å². The van der Waals surface area contributed by atoms with Gasteiger partial charge in [-0.2, -0.15) is 0 Å². The molecule has 0 aliphatic rings. The number of benzene rings is 2. The van der Waals surface area contributed by atoms with Gasteiger partial charge in [-0.15, -0.1) is 0 Å². The number of methoxy groups -OCH3 is 3. The van der Waals surface area contributed by atoms with E-state index in [1.54, 1.807) is 30.3 Å². The molecule has 0 radical (unpaired) electrons. The highest BCUT2D eigenvalue weighted by molar-refractivity contribution is 6.34. The molecule has 1 aromatic heterocycles. The molecule has 1 heterocycles. The van der Waals surface area contributed by atoms with E-state index in [9.17, 15) is 4.79 Å². The molecule has 0 bridgehead atoms. The van der Waals surface area contributed by atoms with Crippen molar-refractivity contribution in [2.75, 3.05) is 26.6 Å². The first-order valence-electron chi connectivity index (χ1n) is 8.28. The van der Waals surface area contributed by atoms with Crippen molar-refractivity contribution in [2.24, 2.45) is 0 Å². The number of ether oxygens (including phenoxy) is 4. The maximum Gasteiger partial charge on any atom is 0.291 e. The van der Waals surface area contributed by atoms with Gasteiger partial charge in [-0.1, -0.05) is 23.2 Å². The molecule has 0 aliphatic carbocycles. The van der Waals surface area contributed by atoms with Crippen molar-refractivity contribution in [3.63, 3.8) is 0 Å². The molecule has 1 N–H and O–H groups in total. The number of nitrogens with one attached hydrogen (secondary N) is 1. The third kappa shape index (κ3) is 4.88. The average molecular weight is 438 g/mol. The predicted octanol–water partition coefficient (Wildman–Crippen LogP) is 5.66. The van der Waals surface area contributed by atoms with Gasteiger partial charge in [0.15, 0.2) is 5.76 Å². The van der Waals surface area contributed by atoms with E-state index in [2.05, 4.69) is 5.32 Å². The Labute approximate surface area is 177 Å². The molecule has 0 atom stereocenters. The van der Waals surface area contributed by atoms with Crippen LogP contribution in [-0.2, 0) is 0 Å². The number of anilines is 1. The molecule has 3 rings (SSSR count). The molecule has 0 spiro atoms. The molecule has 0 aliphatic heterocycles. The Kier molecular flexibility index (Phi) is 6.41. The standard InChI is InChI=1S/C20H17Cl2NO6/c1-25-13-9-16(26-2)19(17(10-13)27-3)23-20(24)15-4-5-18(29-15)28-14-7-11(21)6-12(22)8-14/h4-10H,1-3H3,(H,23,24). The summed E-state index contributed by atoms with van der Waals surface area (Å²) in [6, 6.07) is 10.9. The van der Waals surface area contributed by atoms with Crippen LogP contribution in [-0.4, -0.2) is 27.2 Å². The smallest absolute Gasteiger partial charge is 0.291 e. The second kappa shape index (κ2) is 8.98. The molecule has 152 valence electrons. The lowest BCUT2D eigenvalue weighted by atomic mass is 10.2. The maximum atomic E-state index is 12.6. The molecule has 0 saturated carbocycles. The van der Waals surface area contributed by atoms with Gasteiger partial charge in [0.05, 0.1) is 21.3 Å². The van der Waals surface area contributed by atoms with Crippen LogP contribution in [0.1, 0.15) is 10.6 Å². The number of rotatable bonds is 7. The Bertz CT molecular complexity index is 988. The number of hydrogen-bond donors (Lipinski definition) is 1. The SMILES string of the molecule is COc1cc(OC)c(NC(=O)c2ccc(Oc3cc(Cl)cc(Cl)c3)o2)c(OC)c1. The zero-order valence-electron chi connectivity index (χ0n) is 15.7. The van der Waals surface area contributed by atoms with Gasteiger partial charge in [-0.3, -0.25) is 4.79 Å². The highest BCUT2D eigenvalue weighted by Crippen LogP contribution is 2.39. The van der Waals surface area contributed by atoms with Crippen molar-refractivity contribution in [3.8, 4) is 28.9 Å². The van der Waals surface area contributed by atoms with Crippen molar-refractivity contribution in [1.82, 2.24) is 0 Å². The van der Waals surface area contributed by atoms with Gasteiger partial charge in [-0.25, -0.2) is 0 Å². The largest absolute Gasteiger partial charge is 0.496 e. The predicted molar refractivity (Wildman–Crippen MR) is 109 cm³/mol. The number of furan rings is 1. The summed E-state index contributed by atoms with van der Waals surface area (Å²) in [5.41, 5.74) is 0.335. The lowest BCUT2D eigenvalue weighted by Gasteiger charge is -2.15. The minimum Gasteiger partial charge on any atom is -0.496 e. The summed E-state index contributed by atoms with van der Waals surface area (Å²) < 4.78 is 26.9. The monoisotopic (exact) mass is 437 g/mol. The molecular formula is C20H17Cl2NO6. The van der Waals surface area contributed by atoms with Crippen molar-refractivity contribution in [1.29, 1.82) is 0 Å². The van der Waals surface area contributed by atoms with Crippen LogP contribution >= 0.6 is 23.2 Å². The van der Waals surface area contributed by atoms with Gasteiger partial charge in [0, 0.05) is 28.2 Å². The molecule has 2 aromatic carbocycles. The average Bonchev–Trinajstić information content (AvgIpc) is 3.15. The zero-order chi connectivity index (χ0) is 21.0. The van der Waals surface area contributed by atoms with E-state index in [-0.39, 0.29) is 11.7 Å². The van der Waals surface area contributed by atoms with E-state index in [4.69, 9.17) is 46.6 Å². The minimum absolute atomic E-state index is 0.0213. The summed E-state index contributed by atoms with van der Waals surface area (Å²) in [4.78, 5) is 12.6. The minimum atomic E-state index is -0.522. The van der Waals surface area contributed by atoms with Crippen molar-refractivity contribution in [3.05, 3.63) is 58.3 Å². The van der Waals surface area contributed by atoms with E-state index in [0.29, 0.717) is 38.7 Å². The number of carbonyl (C=O) groups excluding carboxylic acids is 1. The summed E-state index contributed by atoms with van der Waals surface area (Å²) in [6.45, 7) is 0. The first kappa shape index (κ1) is 20.7. The van der Waals surface area contributed by atoms with Crippen molar-refractivity contribution < 1.29 is 28.2 Å². The highest BCUT2D eigenvalue weighted by atomic mass is 35.5. The molecule has 0 fully saturated rings. The van der Waals surface area contributed by atoms with Gasteiger partial charge >= 0.3 is 0 Å². The fourth-order valence-corrected chi connectivity index (χ4v) is 3.01. The number of carbonyl (C=O) groups is 1. The molecule has 1 amide bonds. The van der Waals surface area contributed by atoms with Crippen molar-refractivity contribution in [2.45, 2.75) is 0 Å². The first-order valence-corrected chi connectivity index (χ1v) is 9.04. The Morgan fingerprint density at radius 3 is 2.03 bits per heavy atom. The topological polar surface area (TPSA) is 79.2 Å². The lowest BCUT2D eigenvalue weighted by Crippen LogP contribution is -2.13. The summed E-state index contributed by atoms with van der Waals surface area (Å²) in [7, 11) is 4.46. The molecule has 29 heavy (non-hydrogen) atoms. The fraction of sp³-hybridized carbons (Fsp3) is 0.150. The second-order valence-corrected chi connectivity index (χ2v) is 6.56. The molecule has 7 nitrogen and oxygen atoms in total. The Morgan fingerprint density at radius 1 is 0.862 bits per heavy atom. The number of halogens is 2. The maximum absolute atomic E-state index is 12.6. The van der Waals surface area contributed by atoms with Gasteiger partial charge in [0.1, 0.15) is 28.7 Å². The number of hydrogen-bond acceptors (Lipinski definition) is 6. The van der Waals surface area contributed by atoms with Crippen molar-refractivity contribution >= 4 is 34.8 Å². The Balaban J connectivity index is 1.80. The third-order valence-electron chi connectivity index (χ3n) is 3.81. The van der Waals surface area contributed by atoms with Crippen LogP contribution in [0.5, 0.6) is 28.9 Å². The molecule has 0 saturated heterocycles. The summed E-state index contributed by atoms with van der Waals surface area (Å²) >= 11 is 11.9. The third-order valence-corrected chi connectivity index (χ3v) is 4.25. The first-order chi connectivity index (χ1) is 13.9. The van der Waals surface area contributed by atoms with Crippen LogP contribution in [0, 0.1) is 0 Å². The van der Waals surface area contributed by atoms with Crippen LogP contribution in [0.15, 0.2) is 46.9 Å². The molecule has 9 heteroatoms. The Morgan fingerprint density at radius 2 is 1.48 bits per heavy atom. The van der Waals surface area contributed by atoms with Gasteiger partial charge in [-0.05, 0) is 24.3 Å². The summed E-state index contributed by atoms with van der Waals surface area (Å²) in [5.74, 6) is 1.23. The fourth-order valence-electron chi connectivity index (χ4n) is 2.50. The van der Waals surface area contributed by atoms with Crippen LogP contribution in [0.4, 0.5) is 5.69 Å². The summed E-state index contributed by atoms with van der Waals surface area (Å²) in [5, 5.41) is 3.53. The Hall–Kier alpha value is -3.03. The molecule has 0 unspecified atom stereocenters. The van der Waals surface area contributed by atoms with E-state index in [1.165, 1.54) is 33.5 Å². The normalized spacial score (nSPS) is 10.4. The second-order valence-electron chi connectivity index (χ2n) is 5.69. The quantitative estimate of drug-likeness (QED) is 0.513. The number of amides is 1. The van der Waals surface area contributed by atoms with E-state index >= 15 is 0 Å². The van der Waals surface area contributed by atoms with Gasteiger partial charge in [0.25, 0.3) is 11.9 Å².